The number of halogens is 1. The van der Waals surface area contributed by atoms with Gasteiger partial charge < -0.3 is 46.2 Å². The highest BCUT2D eigenvalue weighted by Crippen LogP contribution is 2.43. The van der Waals surface area contributed by atoms with Crippen LogP contribution in [0.1, 0.15) is 94.2 Å². The minimum atomic E-state index is -0.544. The highest BCUT2D eigenvalue weighted by atomic mass is 79.9. The van der Waals surface area contributed by atoms with Gasteiger partial charge in [-0.1, -0.05) is 0 Å². The van der Waals surface area contributed by atoms with Crippen molar-refractivity contribution in [1.29, 1.82) is 0 Å². The molecule has 18 heteroatoms. The van der Waals surface area contributed by atoms with Crippen molar-refractivity contribution in [3.8, 4) is 11.4 Å². The van der Waals surface area contributed by atoms with Crippen molar-refractivity contribution in [3.63, 3.8) is 0 Å². The Morgan fingerprint density at radius 3 is 1.25 bits per heavy atom. The maximum atomic E-state index is 11.8. The van der Waals surface area contributed by atoms with Gasteiger partial charge in [0.15, 0.2) is 11.4 Å². The number of aryl methyl sites for hydroxylation is 4. The average molecular weight is 985 g/mol. The summed E-state index contributed by atoms with van der Waals surface area (Å²) in [7, 11) is 1.97. The minimum absolute atomic E-state index is 0.0410. The van der Waals surface area contributed by atoms with Crippen LogP contribution >= 0.6 is 15.9 Å². The molecule has 0 aliphatic carbocycles. The van der Waals surface area contributed by atoms with E-state index in [0.717, 1.165) is 54.2 Å². The van der Waals surface area contributed by atoms with E-state index in [0.29, 0.717) is 11.4 Å². The molecular formula is C50H60B3BrN6O8. The molecule has 3 fully saturated rings. The zero-order valence-corrected chi connectivity index (χ0v) is 43.6. The van der Waals surface area contributed by atoms with Crippen LogP contribution in [0.25, 0.3) is 42.9 Å². The van der Waals surface area contributed by atoms with Crippen LogP contribution in [0.5, 0.6) is 0 Å². The molecule has 4 aromatic heterocycles. The van der Waals surface area contributed by atoms with Gasteiger partial charge in [-0.3, -0.25) is 9.59 Å². The van der Waals surface area contributed by atoms with Gasteiger partial charge in [-0.05, 0) is 166 Å². The molecule has 354 valence electrons. The lowest BCUT2D eigenvalue weighted by atomic mass is 9.49. The van der Waals surface area contributed by atoms with Gasteiger partial charge in [0.1, 0.15) is 0 Å². The number of nitrogens with zero attached hydrogens (tertiary/aromatic N) is 6. The zero-order chi connectivity index (χ0) is 50.3. The zero-order valence-electron chi connectivity index (χ0n) is 42.0. The number of rotatable bonds is 4. The smallest absolute Gasteiger partial charge is 0.405 e. The summed E-state index contributed by atoms with van der Waals surface area (Å²) in [5.74, 6) is 0. The Morgan fingerprint density at radius 1 is 0.515 bits per heavy atom. The van der Waals surface area contributed by atoms with Crippen molar-refractivity contribution in [2.45, 2.75) is 131 Å². The van der Waals surface area contributed by atoms with E-state index in [2.05, 4.69) is 25.6 Å². The Balaban J connectivity index is 0.000000156. The Labute approximate surface area is 408 Å². The van der Waals surface area contributed by atoms with Crippen molar-refractivity contribution in [1.82, 2.24) is 18.3 Å². The fourth-order valence-corrected chi connectivity index (χ4v) is 8.51. The van der Waals surface area contributed by atoms with E-state index in [4.69, 9.17) is 41.1 Å². The quantitative estimate of drug-likeness (QED) is 0.127. The van der Waals surface area contributed by atoms with Crippen molar-refractivity contribution in [2.75, 3.05) is 0 Å². The van der Waals surface area contributed by atoms with Crippen molar-refractivity contribution in [2.24, 2.45) is 14.1 Å². The summed E-state index contributed by atoms with van der Waals surface area (Å²) in [6.45, 7) is 42.9. The Hall–Kier alpha value is -5.17. The molecule has 0 bridgehead atoms. The highest BCUT2D eigenvalue weighted by Gasteiger charge is 2.63. The molecule has 2 aromatic carbocycles. The van der Waals surface area contributed by atoms with Gasteiger partial charge >= 0.3 is 21.1 Å². The molecule has 7 heterocycles. The molecule has 0 atom stereocenters. The molecule has 0 saturated carbocycles. The number of pyridine rings is 2. The monoisotopic (exact) mass is 984 g/mol. The van der Waals surface area contributed by atoms with Crippen LogP contribution < -0.4 is 16.6 Å². The normalized spacial score (nSPS) is 19.3. The molecule has 3 saturated heterocycles. The van der Waals surface area contributed by atoms with E-state index in [-0.39, 0.29) is 33.5 Å². The second kappa shape index (κ2) is 17.7. The maximum Gasteiger partial charge on any atom is 0.497 e. The number of hydrogen-bond donors (Lipinski definition) is 0. The van der Waals surface area contributed by atoms with Crippen LogP contribution in [0.15, 0.2) is 87.4 Å². The van der Waals surface area contributed by atoms with Crippen LogP contribution in [0.3, 0.4) is 0 Å². The first kappa shape index (κ1) is 50.7. The first-order valence-electron chi connectivity index (χ1n) is 22.6. The van der Waals surface area contributed by atoms with Crippen LogP contribution in [0, 0.1) is 27.0 Å². The van der Waals surface area contributed by atoms with Crippen LogP contribution in [0.4, 0.5) is 11.4 Å². The van der Waals surface area contributed by atoms with E-state index in [1.807, 2.05) is 143 Å². The fourth-order valence-electron chi connectivity index (χ4n) is 7.98. The largest absolute Gasteiger partial charge is 0.497 e. The molecule has 0 unspecified atom stereocenters. The molecule has 3 aliphatic heterocycles. The minimum Gasteiger partial charge on any atom is -0.405 e. The summed E-state index contributed by atoms with van der Waals surface area (Å²) >= 11 is 3.54. The number of fused-ring (bicyclic) bond motifs is 2. The molecule has 3 aliphatic rings. The molecule has 68 heavy (non-hydrogen) atoms. The van der Waals surface area contributed by atoms with Gasteiger partial charge in [0.05, 0.1) is 69.2 Å². The third-order valence-electron chi connectivity index (χ3n) is 14.4. The fraction of sp³-hybridized carbons (Fsp3) is 0.440. The van der Waals surface area contributed by atoms with Crippen molar-refractivity contribution < 1.29 is 27.9 Å². The number of hydrogen-bond acceptors (Lipinski definition) is 8. The molecule has 0 radical (unpaired) electrons. The Kier molecular flexibility index (Phi) is 13.2. The summed E-state index contributed by atoms with van der Waals surface area (Å²) in [6.07, 6.45) is 7.54. The van der Waals surface area contributed by atoms with Crippen molar-refractivity contribution >= 4 is 75.7 Å². The number of aromatic nitrogens is 4. The summed E-state index contributed by atoms with van der Waals surface area (Å²) in [4.78, 5) is 30.6. The van der Waals surface area contributed by atoms with Gasteiger partial charge in [0.2, 0.25) is 11.1 Å². The second-order valence-corrected chi connectivity index (χ2v) is 21.7. The summed E-state index contributed by atoms with van der Waals surface area (Å²) < 4.78 is 44.5. The molecule has 6 aromatic rings. The lowest BCUT2D eigenvalue weighted by Crippen LogP contribution is -2.41. The lowest BCUT2D eigenvalue weighted by Gasteiger charge is -2.32. The van der Waals surface area contributed by atoms with Gasteiger partial charge in [0, 0.05) is 66.3 Å². The standard InChI is InChI=1S/C22H24BN3O3.C16H12BrN3O.C12H24B2O4/c1-14-10-19-16(11-18(14)24-6)17(23-28-21(2,3)22(4,5)29-23)13-26(19)15-8-9-20(27)25(7)12-15;1-10-6-15-12(7-14(10)18-2)13(17)9-20(15)11-4-5-16(21)19(3)8-11;1-9(2)10(3,4)16-13(15-9)14-17-11(5,6)12(7,8)18-14/h8-13H,1-5,7H3;4-9H,1,3H3;1-8H3. The third-order valence-corrected chi connectivity index (χ3v) is 15.1. The van der Waals surface area contributed by atoms with Gasteiger partial charge in [-0.2, -0.15) is 0 Å². The SMILES string of the molecule is CC1(C)OB(B2OC(C)(C)C(C)(C)O2)OC1(C)C.[C-]#[N+]c1cc2c(B3OC(C)(C)C(C)(C)O3)cn(-c3ccc(=O)n(C)c3)c2cc1C.[C-]#[N+]c1cc2c(Br)cn(-c3ccc(=O)n(C)c3)c2cc1C. The Bertz CT molecular complexity index is 3090. The van der Waals surface area contributed by atoms with Crippen LogP contribution in [-0.4, -0.2) is 73.0 Å². The van der Waals surface area contributed by atoms with Gasteiger partial charge in [-0.15, -0.1) is 0 Å². The molecular weight excluding hydrogens is 925 g/mol. The molecule has 14 nitrogen and oxygen atoms in total. The number of benzene rings is 2. The van der Waals surface area contributed by atoms with Crippen molar-refractivity contribution in [3.05, 3.63) is 132 Å². The van der Waals surface area contributed by atoms with Gasteiger partial charge in [0.25, 0.3) is 0 Å². The maximum absolute atomic E-state index is 11.8. The predicted molar refractivity (Wildman–Crippen MR) is 275 cm³/mol. The van der Waals surface area contributed by atoms with Gasteiger partial charge in [-0.25, -0.2) is 9.69 Å². The summed E-state index contributed by atoms with van der Waals surface area (Å²) in [6, 6.07) is 14.5. The summed E-state index contributed by atoms with van der Waals surface area (Å²) in [5.41, 5.74) is 5.21. The molecule has 9 rings (SSSR count). The second-order valence-electron chi connectivity index (χ2n) is 20.8. The molecule has 0 spiro atoms. The topological polar surface area (TPSA) is 118 Å². The van der Waals surface area contributed by atoms with Crippen LogP contribution in [0.2, 0.25) is 0 Å². The first-order chi connectivity index (χ1) is 31.4. The van der Waals surface area contributed by atoms with E-state index in [1.54, 1.807) is 59.9 Å². The van der Waals surface area contributed by atoms with Crippen LogP contribution in [-0.2, 0) is 42.0 Å². The predicted octanol–water partition coefficient (Wildman–Crippen LogP) is 9.69. The van der Waals surface area contributed by atoms with E-state index < -0.39 is 32.3 Å². The van der Waals surface area contributed by atoms with E-state index in [9.17, 15) is 9.59 Å². The lowest BCUT2D eigenvalue weighted by molar-refractivity contribution is 0.00578. The average Bonchev–Trinajstić information content (AvgIpc) is 3.95. The molecule has 0 amide bonds. The molecule has 0 N–H and O–H groups in total. The third kappa shape index (κ3) is 9.20. The summed E-state index contributed by atoms with van der Waals surface area (Å²) in [5, 5.41) is 1.90. The van der Waals surface area contributed by atoms with E-state index in [1.165, 1.54) is 0 Å². The highest BCUT2D eigenvalue weighted by molar-refractivity contribution is 9.10. The Morgan fingerprint density at radius 2 is 0.868 bits per heavy atom. The first-order valence-corrected chi connectivity index (χ1v) is 23.3. The van der Waals surface area contributed by atoms with E-state index >= 15 is 0 Å².